The number of piperidine rings is 1. The second kappa shape index (κ2) is 8.06. The van der Waals surface area contributed by atoms with Gasteiger partial charge in [0.1, 0.15) is 5.60 Å². The van der Waals surface area contributed by atoms with Crippen molar-refractivity contribution < 1.29 is 14.3 Å². The second-order valence-electron chi connectivity index (χ2n) is 6.70. The van der Waals surface area contributed by atoms with Crippen molar-refractivity contribution in [2.75, 3.05) is 13.1 Å². The number of urea groups is 1. The number of likely N-dealkylation sites (tertiary alicyclic amines) is 1. The van der Waals surface area contributed by atoms with Crippen LogP contribution in [0.25, 0.3) is 0 Å². The molecule has 6 heteroatoms. The summed E-state index contributed by atoms with van der Waals surface area (Å²) >= 11 is 0. The number of carbonyl (C=O) groups excluding carboxylic acids is 2. The molecular formula is C16H29N3O3. The lowest BCUT2D eigenvalue weighted by Crippen LogP contribution is -2.49. The third-order valence-corrected chi connectivity index (χ3v) is 3.49. The fourth-order valence-corrected chi connectivity index (χ4v) is 2.05. The van der Waals surface area contributed by atoms with Gasteiger partial charge in [0.2, 0.25) is 0 Å². The molecule has 22 heavy (non-hydrogen) atoms. The molecule has 0 bridgehead atoms. The number of amides is 3. The van der Waals surface area contributed by atoms with Crippen LogP contribution in [0.2, 0.25) is 0 Å². The molecule has 1 saturated heterocycles. The molecule has 0 aromatic heterocycles. The van der Waals surface area contributed by atoms with Gasteiger partial charge in [0.25, 0.3) is 0 Å². The molecule has 0 aromatic rings. The summed E-state index contributed by atoms with van der Waals surface area (Å²) in [4.78, 5) is 25.4. The van der Waals surface area contributed by atoms with Gasteiger partial charge in [-0.15, -0.1) is 0 Å². The SMILES string of the molecule is CC/C(C)=C/NC(=O)NC1CCN(C(=O)OC(C)(C)C)CC1. The van der Waals surface area contributed by atoms with Gasteiger partial charge in [0.15, 0.2) is 0 Å². The van der Waals surface area contributed by atoms with E-state index in [-0.39, 0.29) is 18.2 Å². The van der Waals surface area contributed by atoms with Crippen molar-refractivity contribution >= 4 is 12.1 Å². The summed E-state index contributed by atoms with van der Waals surface area (Å²) < 4.78 is 5.35. The molecule has 126 valence electrons. The highest BCUT2D eigenvalue weighted by Gasteiger charge is 2.27. The van der Waals surface area contributed by atoms with Crippen LogP contribution in [0.15, 0.2) is 11.8 Å². The van der Waals surface area contributed by atoms with Gasteiger partial charge < -0.3 is 20.3 Å². The Kier molecular flexibility index (Phi) is 6.71. The molecule has 1 aliphatic rings. The summed E-state index contributed by atoms with van der Waals surface area (Å²) in [6, 6.07) is -0.0995. The maximum Gasteiger partial charge on any atom is 0.410 e. The fourth-order valence-electron chi connectivity index (χ4n) is 2.05. The van der Waals surface area contributed by atoms with Crippen molar-refractivity contribution in [2.24, 2.45) is 0 Å². The predicted molar refractivity (Wildman–Crippen MR) is 86.5 cm³/mol. The van der Waals surface area contributed by atoms with E-state index < -0.39 is 5.60 Å². The van der Waals surface area contributed by atoms with E-state index in [0.29, 0.717) is 13.1 Å². The van der Waals surface area contributed by atoms with E-state index in [0.717, 1.165) is 24.8 Å². The van der Waals surface area contributed by atoms with Crippen molar-refractivity contribution in [3.63, 3.8) is 0 Å². The molecule has 1 fully saturated rings. The minimum Gasteiger partial charge on any atom is -0.444 e. The Hall–Kier alpha value is -1.72. The minimum atomic E-state index is -0.477. The van der Waals surface area contributed by atoms with Gasteiger partial charge in [-0.05, 0) is 47.0 Å². The second-order valence-corrected chi connectivity index (χ2v) is 6.70. The molecule has 1 rings (SSSR count). The zero-order valence-corrected chi connectivity index (χ0v) is 14.4. The topological polar surface area (TPSA) is 70.7 Å². The summed E-state index contributed by atoms with van der Waals surface area (Å²) in [6.07, 6.45) is 3.84. The van der Waals surface area contributed by atoms with Gasteiger partial charge >= 0.3 is 12.1 Å². The third kappa shape index (κ3) is 6.83. The van der Waals surface area contributed by atoms with Gasteiger partial charge in [-0.25, -0.2) is 9.59 Å². The largest absolute Gasteiger partial charge is 0.444 e. The monoisotopic (exact) mass is 311 g/mol. The van der Waals surface area contributed by atoms with Crippen LogP contribution in [0.1, 0.15) is 53.9 Å². The van der Waals surface area contributed by atoms with Crippen LogP contribution >= 0.6 is 0 Å². The molecule has 6 nitrogen and oxygen atoms in total. The molecule has 0 radical (unpaired) electrons. The van der Waals surface area contributed by atoms with E-state index in [1.165, 1.54) is 0 Å². The molecule has 1 aliphatic heterocycles. The summed E-state index contributed by atoms with van der Waals surface area (Å²) in [5.74, 6) is 0. The summed E-state index contributed by atoms with van der Waals surface area (Å²) in [7, 11) is 0. The Morgan fingerprint density at radius 1 is 1.27 bits per heavy atom. The molecule has 0 aliphatic carbocycles. The number of rotatable bonds is 3. The van der Waals surface area contributed by atoms with Crippen molar-refractivity contribution in [3.8, 4) is 0 Å². The molecule has 0 atom stereocenters. The lowest BCUT2D eigenvalue weighted by Gasteiger charge is -2.33. The Labute approximate surface area is 133 Å². The molecule has 0 spiro atoms. The number of hydrogen-bond donors (Lipinski definition) is 2. The van der Waals surface area contributed by atoms with Gasteiger partial charge in [-0.2, -0.15) is 0 Å². The molecule has 3 amide bonds. The quantitative estimate of drug-likeness (QED) is 0.841. The van der Waals surface area contributed by atoms with E-state index >= 15 is 0 Å². The highest BCUT2D eigenvalue weighted by Crippen LogP contribution is 2.15. The smallest absolute Gasteiger partial charge is 0.410 e. The Balaban J connectivity index is 2.33. The summed E-state index contributed by atoms with van der Waals surface area (Å²) in [6.45, 7) is 10.8. The maximum atomic E-state index is 11.9. The van der Waals surface area contributed by atoms with E-state index in [1.807, 2.05) is 34.6 Å². The predicted octanol–water partition coefficient (Wildman–Crippen LogP) is 3.00. The van der Waals surface area contributed by atoms with E-state index in [4.69, 9.17) is 4.74 Å². The number of nitrogens with zero attached hydrogens (tertiary/aromatic N) is 1. The molecule has 1 heterocycles. The number of ether oxygens (including phenoxy) is 1. The molecule has 0 saturated carbocycles. The van der Waals surface area contributed by atoms with Crippen LogP contribution in [0.5, 0.6) is 0 Å². The molecular weight excluding hydrogens is 282 g/mol. The van der Waals surface area contributed by atoms with Crippen molar-refractivity contribution in [2.45, 2.75) is 65.5 Å². The van der Waals surface area contributed by atoms with E-state index in [2.05, 4.69) is 10.6 Å². The maximum absolute atomic E-state index is 11.9. The summed E-state index contributed by atoms with van der Waals surface area (Å²) in [5, 5.41) is 5.66. The van der Waals surface area contributed by atoms with Crippen LogP contribution in [-0.2, 0) is 4.74 Å². The first-order chi connectivity index (χ1) is 10.2. The van der Waals surface area contributed by atoms with E-state index in [1.54, 1.807) is 11.1 Å². The van der Waals surface area contributed by atoms with Gasteiger partial charge in [0, 0.05) is 25.3 Å². The first-order valence-corrected chi connectivity index (χ1v) is 7.92. The highest BCUT2D eigenvalue weighted by molar-refractivity contribution is 5.75. The summed E-state index contributed by atoms with van der Waals surface area (Å²) in [5.41, 5.74) is 0.644. The molecule has 2 N–H and O–H groups in total. The molecule has 0 unspecified atom stereocenters. The third-order valence-electron chi connectivity index (χ3n) is 3.49. The highest BCUT2D eigenvalue weighted by atomic mass is 16.6. The molecule has 0 aromatic carbocycles. The van der Waals surface area contributed by atoms with Crippen molar-refractivity contribution in [1.29, 1.82) is 0 Å². The van der Waals surface area contributed by atoms with E-state index in [9.17, 15) is 9.59 Å². The Morgan fingerprint density at radius 3 is 2.36 bits per heavy atom. The Bertz CT molecular complexity index is 419. The first-order valence-electron chi connectivity index (χ1n) is 7.92. The van der Waals surface area contributed by atoms with Crippen LogP contribution in [0, 0.1) is 0 Å². The fraction of sp³-hybridized carbons (Fsp3) is 0.750. The van der Waals surface area contributed by atoms with Crippen LogP contribution in [0.3, 0.4) is 0 Å². The first kappa shape index (κ1) is 18.3. The lowest BCUT2D eigenvalue weighted by molar-refractivity contribution is 0.0201. The van der Waals surface area contributed by atoms with Crippen LogP contribution < -0.4 is 10.6 Å². The average Bonchev–Trinajstić information content (AvgIpc) is 2.43. The Morgan fingerprint density at radius 2 is 1.86 bits per heavy atom. The minimum absolute atomic E-state index is 0.0917. The average molecular weight is 311 g/mol. The number of hydrogen-bond acceptors (Lipinski definition) is 3. The van der Waals surface area contributed by atoms with Gasteiger partial charge in [-0.3, -0.25) is 0 Å². The number of nitrogens with one attached hydrogen (secondary N) is 2. The van der Waals surface area contributed by atoms with Gasteiger partial charge in [0.05, 0.1) is 0 Å². The number of allylic oxidation sites excluding steroid dienone is 1. The van der Waals surface area contributed by atoms with Gasteiger partial charge in [-0.1, -0.05) is 12.5 Å². The van der Waals surface area contributed by atoms with Crippen LogP contribution in [-0.4, -0.2) is 41.8 Å². The van der Waals surface area contributed by atoms with Crippen LogP contribution in [0.4, 0.5) is 9.59 Å². The zero-order valence-electron chi connectivity index (χ0n) is 14.4. The zero-order chi connectivity index (χ0) is 16.8. The number of carbonyl (C=O) groups is 2. The van der Waals surface area contributed by atoms with Crippen molar-refractivity contribution in [1.82, 2.24) is 15.5 Å². The normalized spacial score (nSPS) is 17.1. The lowest BCUT2D eigenvalue weighted by atomic mass is 10.1. The standard InChI is InChI=1S/C16H29N3O3/c1-6-12(2)11-17-14(20)18-13-7-9-19(10-8-13)15(21)22-16(3,4)5/h11,13H,6-10H2,1-5H3,(H2,17,18,20)/b12-11+. The van der Waals surface area contributed by atoms with Crippen molar-refractivity contribution in [3.05, 3.63) is 11.8 Å².